The van der Waals surface area contributed by atoms with Gasteiger partial charge in [0.15, 0.2) is 0 Å². The third-order valence-electron chi connectivity index (χ3n) is 3.05. The van der Waals surface area contributed by atoms with Gasteiger partial charge in [-0.1, -0.05) is 23.7 Å². The molecule has 1 heterocycles. The lowest BCUT2D eigenvalue weighted by Gasteiger charge is -2.12. The lowest BCUT2D eigenvalue weighted by Crippen LogP contribution is -2.01. The molecule has 100 valence electrons. The summed E-state index contributed by atoms with van der Waals surface area (Å²) in [4.78, 5) is 4.39. The summed E-state index contributed by atoms with van der Waals surface area (Å²) < 4.78 is 5.99. The number of pyridine rings is 1. The Balaban J connectivity index is 2.11. The third kappa shape index (κ3) is 2.46. The highest BCUT2D eigenvalue weighted by molar-refractivity contribution is 6.30. The maximum atomic E-state index is 5.99. The van der Waals surface area contributed by atoms with Gasteiger partial charge in [-0.3, -0.25) is 4.98 Å². The minimum Gasteiger partial charge on any atom is -0.456 e. The average Bonchev–Trinajstić information content (AvgIpc) is 2.50. The molecule has 0 aliphatic carbocycles. The first-order chi connectivity index (χ1) is 9.78. The lowest BCUT2D eigenvalue weighted by molar-refractivity contribution is 0.481. The molecule has 0 unspecified atom stereocenters. The van der Waals surface area contributed by atoms with Crippen LogP contribution >= 0.6 is 11.6 Å². The molecule has 0 aliphatic heterocycles. The minimum absolute atomic E-state index is 0.376. The Morgan fingerprint density at radius 3 is 2.55 bits per heavy atom. The van der Waals surface area contributed by atoms with Crippen molar-refractivity contribution < 1.29 is 4.74 Å². The number of para-hydroxylation sites is 1. The zero-order valence-electron chi connectivity index (χ0n) is 10.7. The van der Waals surface area contributed by atoms with Gasteiger partial charge >= 0.3 is 0 Å². The maximum absolute atomic E-state index is 5.99. The molecule has 2 aromatic carbocycles. The molecule has 3 nitrogen and oxygen atoms in total. The number of benzene rings is 2. The van der Waals surface area contributed by atoms with Gasteiger partial charge in [0, 0.05) is 28.7 Å². The standard InChI is InChI=1S/C16H13ClN2O/c17-12-5-7-13(8-6-12)20-16-11(9-18)10-19-15-4-2-1-3-14(15)16/h1-8,10H,9,18H2. The van der Waals surface area contributed by atoms with Crippen molar-refractivity contribution in [3.63, 3.8) is 0 Å². The van der Waals surface area contributed by atoms with E-state index in [4.69, 9.17) is 22.1 Å². The Morgan fingerprint density at radius 2 is 1.80 bits per heavy atom. The van der Waals surface area contributed by atoms with E-state index in [1.165, 1.54) is 0 Å². The molecule has 1 aromatic heterocycles. The number of halogens is 1. The Bertz CT molecular complexity index is 741. The molecular weight excluding hydrogens is 272 g/mol. The van der Waals surface area contributed by atoms with E-state index in [1.54, 1.807) is 18.3 Å². The first-order valence-corrected chi connectivity index (χ1v) is 6.66. The smallest absolute Gasteiger partial charge is 0.142 e. The summed E-state index contributed by atoms with van der Waals surface area (Å²) in [6, 6.07) is 15.1. The second kappa shape index (κ2) is 5.49. The molecule has 0 radical (unpaired) electrons. The zero-order valence-corrected chi connectivity index (χ0v) is 11.5. The summed E-state index contributed by atoms with van der Waals surface area (Å²) in [5, 5.41) is 1.63. The van der Waals surface area contributed by atoms with Gasteiger partial charge in [0.2, 0.25) is 0 Å². The second-order valence-electron chi connectivity index (χ2n) is 4.39. The van der Waals surface area contributed by atoms with Gasteiger partial charge in [0.1, 0.15) is 11.5 Å². The van der Waals surface area contributed by atoms with Crippen LogP contribution in [0.1, 0.15) is 5.56 Å². The van der Waals surface area contributed by atoms with E-state index >= 15 is 0 Å². The van der Waals surface area contributed by atoms with E-state index in [-0.39, 0.29) is 0 Å². The lowest BCUT2D eigenvalue weighted by atomic mass is 10.1. The van der Waals surface area contributed by atoms with Crippen molar-refractivity contribution >= 4 is 22.5 Å². The van der Waals surface area contributed by atoms with Crippen molar-refractivity contribution in [1.29, 1.82) is 0 Å². The monoisotopic (exact) mass is 284 g/mol. The summed E-state index contributed by atoms with van der Waals surface area (Å²) >= 11 is 5.88. The SMILES string of the molecule is NCc1cnc2ccccc2c1Oc1ccc(Cl)cc1. The minimum atomic E-state index is 0.376. The van der Waals surface area contributed by atoms with Crippen LogP contribution < -0.4 is 10.5 Å². The Hall–Kier alpha value is -2.10. The van der Waals surface area contributed by atoms with Crippen LogP contribution in [0.25, 0.3) is 10.9 Å². The summed E-state index contributed by atoms with van der Waals surface area (Å²) in [6.07, 6.45) is 1.76. The van der Waals surface area contributed by atoms with Crippen molar-refractivity contribution in [3.8, 4) is 11.5 Å². The molecule has 0 atom stereocenters. The summed E-state index contributed by atoms with van der Waals surface area (Å²) in [5.74, 6) is 1.47. The Morgan fingerprint density at radius 1 is 1.05 bits per heavy atom. The van der Waals surface area contributed by atoms with E-state index in [0.29, 0.717) is 11.6 Å². The second-order valence-corrected chi connectivity index (χ2v) is 4.83. The molecule has 20 heavy (non-hydrogen) atoms. The van der Waals surface area contributed by atoms with Crippen molar-refractivity contribution in [2.75, 3.05) is 0 Å². The number of aromatic nitrogens is 1. The van der Waals surface area contributed by atoms with E-state index in [1.807, 2.05) is 36.4 Å². The molecule has 0 fully saturated rings. The summed E-state index contributed by atoms with van der Waals surface area (Å²) in [5.41, 5.74) is 7.54. The Kier molecular flexibility index (Phi) is 3.54. The topological polar surface area (TPSA) is 48.1 Å². The average molecular weight is 285 g/mol. The zero-order chi connectivity index (χ0) is 13.9. The van der Waals surface area contributed by atoms with Crippen molar-refractivity contribution in [2.24, 2.45) is 5.73 Å². The van der Waals surface area contributed by atoms with Crippen LogP contribution in [0.3, 0.4) is 0 Å². The molecule has 2 N–H and O–H groups in total. The first kappa shape index (κ1) is 12.9. The van der Waals surface area contributed by atoms with Crippen LogP contribution in [0.2, 0.25) is 5.02 Å². The van der Waals surface area contributed by atoms with Crippen molar-refractivity contribution in [1.82, 2.24) is 4.98 Å². The number of hydrogen-bond donors (Lipinski definition) is 1. The van der Waals surface area contributed by atoms with Gasteiger partial charge in [-0.05, 0) is 36.4 Å². The normalized spacial score (nSPS) is 10.7. The van der Waals surface area contributed by atoms with Gasteiger partial charge in [0.05, 0.1) is 5.52 Å². The number of nitrogens with zero attached hydrogens (tertiary/aromatic N) is 1. The largest absolute Gasteiger partial charge is 0.456 e. The van der Waals surface area contributed by atoms with Crippen LogP contribution in [-0.2, 0) is 6.54 Å². The van der Waals surface area contributed by atoms with Crippen molar-refractivity contribution in [3.05, 3.63) is 65.3 Å². The number of nitrogens with two attached hydrogens (primary N) is 1. The third-order valence-corrected chi connectivity index (χ3v) is 3.31. The Labute approximate surface area is 122 Å². The highest BCUT2D eigenvalue weighted by Gasteiger charge is 2.10. The molecule has 3 aromatic rings. The fourth-order valence-corrected chi connectivity index (χ4v) is 2.17. The van der Waals surface area contributed by atoms with Gasteiger partial charge in [-0.15, -0.1) is 0 Å². The fourth-order valence-electron chi connectivity index (χ4n) is 2.04. The van der Waals surface area contributed by atoms with Crippen LogP contribution in [0.5, 0.6) is 11.5 Å². The quantitative estimate of drug-likeness (QED) is 0.786. The number of rotatable bonds is 3. The highest BCUT2D eigenvalue weighted by Crippen LogP contribution is 2.32. The number of fused-ring (bicyclic) bond motifs is 1. The van der Waals surface area contributed by atoms with Gasteiger partial charge < -0.3 is 10.5 Å². The first-order valence-electron chi connectivity index (χ1n) is 6.28. The predicted octanol–water partition coefficient (Wildman–Crippen LogP) is 4.14. The number of hydrogen-bond acceptors (Lipinski definition) is 3. The van der Waals surface area contributed by atoms with Crippen LogP contribution in [0, 0.1) is 0 Å². The van der Waals surface area contributed by atoms with Crippen LogP contribution in [0.15, 0.2) is 54.7 Å². The molecule has 4 heteroatoms. The molecule has 0 amide bonds. The van der Waals surface area contributed by atoms with E-state index < -0.39 is 0 Å². The van der Waals surface area contributed by atoms with Crippen LogP contribution in [-0.4, -0.2) is 4.98 Å². The van der Waals surface area contributed by atoms with Crippen molar-refractivity contribution in [2.45, 2.75) is 6.54 Å². The number of ether oxygens (including phenoxy) is 1. The molecule has 0 aliphatic rings. The maximum Gasteiger partial charge on any atom is 0.142 e. The van der Waals surface area contributed by atoms with E-state index in [9.17, 15) is 0 Å². The molecular formula is C16H13ClN2O. The predicted molar refractivity (Wildman–Crippen MR) is 81.2 cm³/mol. The van der Waals surface area contributed by atoms with Gasteiger partial charge in [-0.2, -0.15) is 0 Å². The summed E-state index contributed by atoms with van der Waals surface area (Å²) in [7, 11) is 0. The summed E-state index contributed by atoms with van der Waals surface area (Å²) in [6.45, 7) is 0.376. The molecule has 0 saturated heterocycles. The van der Waals surface area contributed by atoms with E-state index in [2.05, 4.69) is 4.98 Å². The molecule has 3 rings (SSSR count). The van der Waals surface area contributed by atoms with Crippen LogP contribution in [0.4, 0.5) is 0 Å². The fraction of sp³-hybridized carbons (Fsp3) is 0.0625. The van der Waals surface area contributed by atoms with E-state index in [0.717, 1.165) is 28.0 Å². The highest BCUT2D eigenvalue weighted by atomic mass is 35.5. The molecule has 0 bridgehead atoms. The molecule has 0 spiro atoms. The molecule has 0 saturated carbocycles. The van der Waals surface area contributed by atoms with Gasteiger partial charge in [-0.25, -0.2) is 0 Å². The van der Waals surface area contributed by atoms with Gasteiger partial charge in [0.25, 0.3) is 0 Å².